The third-order valence-electron chi connectivity index (χ3n) is 6.92. The number of carbonyl (C=O) groups is 1. The molecule has 0 bridgehead atoms. The van der Waals surface area contributed by atoms with Crippen molar-refractivity contribution in [3.8, 4) is 22.9 Å². The zero-order valence-corrected chi connectivity index (χ0v) is 23.5. The van der Waals surface area contributed by atoms with Crippen LogP contribution in [0, 0.1) is 0 Å². The molecule has 0 radical (unpaired) electrons. The third kappa shape index (κ3) is 7.58. The van der Waals surface area contributed by atoms with E-state index in [1.807, 2.05) is 30.3 Å². The Bertz CT molecular complexity index is 1260. The van der Waals surface area contributed by atoms with Crippen LogP contribution in [-0.4, -0.2) is 91.6 Å². The van der Waals surface area contributed by atoms with Crippen LogP contribution in [-0.2, 0) is 11.3 Å². The molecule has 2 aliphatic rings. The summed E-state index contributed by atoms with van der Waals surface area (Å²) in [6, 6.07) is 13.3. The molecule has 206 valence electrons. The molecule has 4 heterocycles. The van der Waals surface area contributed by atoms with Gasteiger partial charge in [0.05, 0.1) is 18.4 Å². The van der Waals surface area contributed by atoms with Crippen LogP contribution in [0.25, 0.3) is 11.3 Å². The van der Waals surface area contributed by atoms with Crippen molar-refractivity contribution in [2.45, 2.75) is 6.54 Å². The van der Waals surface area contributed by atoms with Crippen LogP contribution >= 0.6 is 23.2 Å². The summed E-state index contributed by atoms with van der Waals surface area (Å²) in [5, 5.41) is 7.15. The largest absolute Gasteiger partial charge is 0.437 e. The molecular formula is C28H33Cl2N7O2. The van der Waals surface area contributed by atoms with E-state index >= 15 is 0 Å². The van der Waals surface area contributed by atoms with Gasteiger partial charge in [-0.15, -0.1) is 0 Å². The SMILES string of the molecule is CNC(=O)CN1CCN(Cc2cc(Oc3ccc(N4CCNCC4)nc3)nc(-c3cc(Cl)cc(Cl)c3)c2)CC1. The minimum atomic E-state index is 0.0414. The van der Waals surface area contributed by atoms with Gasteiger partial charge in [0.1, 0.15) is 11.6 Å². The molecule has 9 nitrogen and oxygen atoms in total. The second-order valence-electron chi connectivity index (χ2n) is 9.77. The van der Waals surface area contributed by atoms with Crippen molar-refractivity contribution in [1.82, 2.24) is 30.4 Å². The van der Waals surface area contributed by atoms with Gasteiger partial charge in [0.15, 0.2) is 0 Å². The van der Waals surface area contributed by atoms with E-state index in [1.54, 1.807) is 19.3 Å². The smallest absolute Gasteiger partial charge is 0.233 e. The topological polar surface area (TPSA) is 85.9 Å². The Labute approximate surface area is 239 Å². The Balaban J connectivity index is 1.34. The number of carbonyl (C=O) groups excluding carboxylic acids is 1. The minimum absolute atomic E-state index is 0.0414. The molecule has 2 fully saturated rings. The summed E-state index contributed by atoms with van der Waals surface area (Å²) in [7, 11) is 1.67. The molecule has 2 aliphatic heterocycles. The minimum Gasteiger partial charge on any atom is -0.437 e. The first kappa shape index (κ1) is 27.6. The number of hydrogen-bond donors (Lipinski definition) is 2. The number of aromatic nitrogens is 2. The molecule has 5 rings (SSSR count). The monoisotopic (exact) mass is 569 g/mol. The molecule has 3 aromatic rings. The molecule has 39 heavy (non-hydrogen) atoms. The second-order valence-corrected chi connectivity index (χ2v) is 10.6. The summed E-state index contributed by atoms with van der Waals surface area (Å²) < 4.78 is 6.20. The Kier molecular flexibility index (Phi) is 9.16. The lowest BCUT2D eigenvalue weighted by atomic mass is 10.1. The third-order valence-corrected chi connectivity index (χ3v) is 7.36. The molecule has 0 unspecified atom stereocenters. The number of pyridine rings is 2. The molecule has 2 saturated heterocycles. The normalized spacial score (nSPS) is 16.7. The van der Waals surface area contributed by atoms with E-state index in [1.165, 1.54) is 0 Å². The standard InChI is InChI=1S/C28H33Cl2N7O2/c1-31-27(38)19-36-10-8-35(9-11-36)18-20-12-25(21-14-22(29)16-23(30)15-21)34-28(13-20)39-24-2-3-26(33-17-24)37-6-4-32-5-7-37/h2-3,12-17,32H,4-11,18-19H2,1H3,(H,31,38). The average Bonchev–Trinajstić information content (AvgIpc) is 2.94. The summed E-state index contributed by atoms with van der Waals surface area (Å²) in [5.74, 6) is 2.08. The molecule has 0 atom stereocenters. The molecule has 0 aliphatic carbocycles. The van der Waals surface area contributed by atoms with E-state index in [-0.39, 0.29) is 5.91 Å². The highest BCUT2D eigenvalue weighted by Crippen LogP contribution is 2.30. The highest BCUT2D eigenvalue weighted by molar-refractivity contribution is 6.35. The highest BCUT2D eigenvalue weighted by Gasteiger charge is 2.20. The van der Waals surface area contributed by atoms with Crippen LogP contribution in [0.4, 0.5) is 5.82 Å². The van der Waals surface area contributed by atoms with Gasteiger partial charge >= 0.3 is 0 Å². The van der Waals surface area contributed by atoms with E-state index in [0.717, 1.165) is 81.5 Å². The summed E-state index contributed by atoms with van der Waals surface area (Å²) in [4.78, 5) is 28.0. The van der Waals surface area contributed by atoms with Crippen LogP contribution in [0.15, 0.2) is 48.7 Å². The van der Waals surface area contributed by atoms with Gasteiger partial charge in [0.2, 0.25) is 11.8 Å². The number of rotatable bonds is 8. The fourth-order valence-electron chi connectivity index (χ4n) is 4.83. The highest BCUT2D eigenvalue weighted by atomic mass is 35.5. The summed E-state index contributed by atoms with van der Waals surface area (Å²) in [6.07, 6.45) is 1.74. The van der Waals surface area contributed by atoms with Crippen LogP contribution < -0.4 is 20.3 Å². The average molecular weight is 571 g/mol. The van der Waals surface area contributed by atoms with Crippen molar-refractivity contribution in [2.24, 2.45) is 0 Å². The Morgan fingerprint density at radius 3 is 2.36 bits per heavy atom. The number of amides is 1. The van der Waals surface area contributed by atoms with Gasteiger partial charge in [-0.2, -0.15) is 0 Å². The van der Waals surface area contributed by atoms with Crippen molar-refractivity contribution in [3.05, 3.63) is 64.3 Å². The molecule has 11 heteroatoms. The summed E-state index contributed by atoms with van der Waals surface area (Å²) in [5.41, 5.74) is 2.62. The molecule has 2 aromatic heterocycles. The Hall–Kier alpha value is -2.95. The lowest BCUT2D eigenvalue weighted by Crippen LogP contribution is -2.48. The number of benzene rings is 1. The van der Waals surface area contributed by atoms with Crippen molar-refractivity contribution in [1.29, 1.82) is 0 Å². The fourth-order valence-corrected chi connectivity index (χ4v) is 5.36. The van der Waals surface area contributed by atoms with Gasteiger partial charge < -0.3 is 20.3 Å². The maximum absolute atomic E-state index is 11.7. The number of ether oxygens (including phenoxy) is 1. The van der Waals surface area contributed by atoms with Crippen LogP contribution in [0.3, 0.4) is 0 Å². The number of hydrogen-bond acceptors (Lipinski definition) is 8. The van der Waals surface area contributed by atoms with E-state index in [2.05, 4.69) is 36.4 Å². The number of piperazine rings is 2. The predicted octanol–water partition coefficient (Wildman–Crippen LogP) is 3.52. The molecule has 0 saturated carbocycles. The number of anilines is 1. The lowest BCUT2D eigenvalue weighted by molar-refractivity contribution is -0.122. The Morgan fingerprint density at radius 2 is 1.69 bits per heavy atom. The van der Waals surface area contributed by atoms with Crippen LogP contribution in [0.5, 0.6) is 11.6 Å². The van der Waals surface area contributed by atoms with E-state index < -0.39 is 0 Å². The van der Waals surface area contributed by atoms with Gasteiger partial charge in [-0.3, -0.25) is 14.6 Å². The molecule has 1 amide bonds. The van der Waals surface area contributed by atoms with Gasteiger partial charge in [0.25, 0.3) is 0 Å². The van der Waals surface area contributed by atoms with Gasteiger partial charge in [0, 0.05) is 87.6 Å². The first-order valence-corrected chi connectivity index (χ1v) is 13.9. The molecular weight excluding hydrogens is 537 g/mol. The van der Waals surface area contributed by atoms with Gasteiger partial charge in [-0.25, -0.2) is 9.97 Å². The predicted molar refractivity (Wildman–Crippen MR) is 155 cm³/mol. The van der Waals surface area contributed by atoms with E-state index in [4.69, 9.17) is 32.9 Å². The van der Waals surface area contributed by atoms with E-state index in [9.17, 15) is 4.79 Å². The zero-order valence-electron chi connectivity index (χ0n) is 22.0. The summed E-state index contributed by atoms with van der Waals surface area (Å²) >= 11 is 12.6. The van der Waals surface area contributed by atoms with Crippen molar-refractivity contribution in [2.75, 3.05) is 70.9 Å². The fraction of sp³-hybridized carbons (Fsp3) is 0.393. The van der Waals surface area contributed by atoms with Gasteiger partial charge in [-0.05, 0) is 42.0 Å². The van der Waals surface area contributed by atoms with Crippen molar-refractivity contribution >= 4 is 34.9 Å². The number of likely N-dealkylation sites (N-methyl/N-ethyl adjacent to an activating group) is 1. The quantitative estimate of drug-likeness (QED) is 0.426. The maximum atomic E-state index is 11.7. The van der Waals surface area contributed by atoms with Crippen LogP contribution in [0.2, 0.25) is 10.0 Å². The summed E-state index contributed by atoms with van der Waals surface area (Å²) in [6.45, 7) is 8.34. The molecule has 2 N–H and O–H groups in total. The Morgan fingerprint density at radius 1 is 0.974 bits per heavy atom. The molecule has 1 aromatic carbocycles. The van der Waals surface area contributed by atoms with Crippen molar-refractivity contribution < 1.29 is 9.53 Å². The first-order chi connectivity index (χ1) is 18.9. The number of halogens is 2. The van der Waals surface area contributed by atoms with Crippen molar-refractivity contribution in [3.63, 3.8) is 0 Å². The maximum Gasteiger partial charge on any atom is 0.233 e. The van der Waals surface area contributed by atoms with Crippen LogP contribution in [0.1, 0.15) is 5.56 Å². The number of nitrogens with one attached hydrogen (secondary N) is 2. The second kappa shape index (κ2) is 12.9. The zero-order chi connectivity index (χ0) is 27.2. The number of nitrogens with zero attached hydrogens (tertiary/aromatic N) is 5. The lowest BCUT2D eigenvalue weighted by Gasteiger charge is -2.34. The van der Waals surface area contributed by atoms with E-state index in [0.29, 0.717) is 28.2 Å². The first-order valence-electron chi connectivity index (χ1n) is 13.2. The van der Waals surface area contributed by atoms with Gasteiger partial charge in [-0.1, -0.05) is 23.2 Å². The molecule has 0 spiro atoms.